The first-order valence-corrected chi connectivity index (χ1v) is 12.0. The van der Waals surface area contributed by atoms with E-state index in [1.54, 1.807) is 0 Å². The molecule has 2 N–H and O–H groups in total. The van der Waals surface area contributed by atoms with Crippen LogP contribution in [0.1, 0.15) is 58.3 Å². The molecule has 4 heteroatoms. The first-order valence-electron chi connectivity index (χ1n) is 11.6. The second-order valence-electron chi connectivity index (χ2n) is 9.64. The van der Waals surface area contributed by atoms with Crippen molar-refractivity contribution >= 4 is 28.9 Å². The van der Waals surface area contributed by atoms with Gasteiger partial charge in [-0.15, -0.1) is 0 Å². The Morgan fingerprint density at radius 1 is 1.00 bits per heavy atom. The van der Waals surface area contributed by atoms with Crippen molar-refractivity contribution in [1.82, 2.24) is 0 Å². The predicted molar refractivity (Wildman–Crippen MR) is 130 cm³/mol. The molecular formula is C28H27ClN2O. The van der Waals surface area contributed by atoms with E-state index in [0.29, 0.717) is 28.5 Å². The van der Waals surface area contributed by atoms with E-state index in [-0.39, 0.29) is 5.91 Å². The Morgan fingerprint density at radius 3 is 2.66 bits per heavy atom. The zero-order valence-corrected chi connectivity index (χ0v) is 18.9. The monoisotopic (exact) mass is 442 g/mol. The van der Waals surface area contributed by atoms with Gasteiger partial charge < -0.3 is 10.6 Å². The molecule has 3 nitrogen and oxygen atoms in total. The summed E-state index contributed by atoms with van der Waals surface area (Å²) in [5.74, 6) is 2.53. The van der Waals surface area contributed by atoms with E-state index in [1.807, 2.05) is 31.2 Å². The molecule has 32 heavy (non-hydrogen) atoms. The van der Waals surface area contributed by atoms with Crippen LogP contribution in [0.5, 0.6) is 0 Å². The molecule has 0 saturated heterocycles. The summed E-state index contributed by atoms with van der Waals surface area (Å²) in [6.07, 6.45) is 3.96. The Hall–Kier alpha value is -2.78. The van der Waals surface area contributed by atoms with Crippen LogP contribution in [0.15, 0.2) is 66.7 Å². The van der Waals surface area contributed by atoms with Crippen LogP contribution >= 0.6 is 11.6 Å². The normalized spacial score (nSPS) is 27.4. The highest BCUT2D eigenvalue weighted by Crippen LogP contribution is 2.63. The second kappa shape index (κ2) is 7.67. The number of anilines is 2. The van der Waals surface area contributed by atoms with E-state index >= 15 is 0 Å². The van der Waals surface area contributed by atoms with Gasteiger partial charge in [0.25, 0.3) is 5.91 Å². The number of nitrogens with one attached hydrogen (secondary N) is 2. The number of halogens is 1. The number of hydrogen-bond acceptors (Lipinski definition) is 2. The molecule has 5 atom stereocenters. The number of benzene rings is 3. The van der Waals surface area contributed by atoms with Gasteiger partial charge in [0.2, 0.25) is 0 Å². The van der Waals surface area contributed by atoms with Gasteiger partial charge in [0.15, 0.2) is 0 Å². The molecule has 1 aliphatic heterocycles. The topological polar surface area (TPSA) is 41.1 Å². The van der Waals surface area contributed by atoms with Gasteiger partial charge in [0.05, 0.1) is 6.04 Å². The SMILES string of the molecule is Cc1c(Cl)cccc1NC(=O)c1ccc2c(c1)[C@@H]1[C@H]3CC[C@@H](C3)[C@@H]1[C@H](c1ccccc1)N2. The molecule has 2 saturated carbocycles. The standard InChI is InChI=1S/C28H27ClN2O/c1-16-22(29)8-5-9-23(16)31-28(32)20-12-13-24-21(15-20)25-18-10-11-19(14-18)26(25)27(30-24)17-6-3-2-4-7-17/h2-9,12-13,15,18-19,25-27,30H,10-11,14H2,1H3,(H,31,32)/t18-,19-,25-,26-,27-/m0/s1. The molecule has 3 aromatic carbocycles. The van der Waals surface area contributed by atoms with Crippen LogP contribution in [0.3, 0.4) is 0 Å². The molecule has 1 amide bonds. The van der Waals surface area contributed by atoms with E-state index in [9.17, 15) is 4.79 Å². The van der Waals surface area contributed by atoms with Crippen molar-refractivity contribution in [3.8, 4) is 0 Å². The fourth-order valence-electron chi connectivity index (χ4n) is 6.55. The fraction of sp³-hybridized carbons (Fsp3) is 0.321. The van der Waals surface area contributed by atoms with E-state index in [0.717, 1.165) is 23.1 Å². The molecule has 2 aliphatic carbocycles. The lowest BCUT2D eigenvalue weighted by molar-refractivity contribution is 0.102. The molecule has 3 aliphatic rings. The summed E-state index contributed by atoms with van der Waals surface area (Å²) in [5.41, 5.74) is 6.25. The molecule has 0 aromatic heterocycles. The van der Waals surface area contributed by atoms with Crippen LogP contribution < -0.4 is 10.6 Å². The smallest absolute Gasteiger partial charge is 0.255 e. The Labute approximate surface area is 194 Å². The van der Waals surface area contributed by atoms with Crippen LogP contribution in [0.4, 0.5) is 11.4 Å². The van der Waals surface area contributed by atoms with E-state index in [1.165, 1.54) is 36.1 Å². The predicted octanol–water partition coefficient (Wildman–Crippen LogP) is 7.20. The van der Waals surface area contributed by atoms with Gasteiger partial charge in [-0.05, 0) is 96.9 Å². The number of rotatable bonds is 3. The minimum atomic E-state index is -0.0805. The van der Waals surface area contributed by atoms with Crippen molar-refractivity contribution in [2.24, 2.45) is 17.8 Å². The minimum absolute atomic E-state index is 0.0805. The highest BCUT2D eigenvalue weighted by molar-refractivity contribution is 6.31. The van der Waals surface area contributed by atoms with Crippen molar-refractivity contribution in [2.75, 3.05) is 10.6 Å². The second-order valence-corrected chi connectivity index (χ2v) is 10.0. The fourth-order valence-corrected chi connectivity index (χ4v) is 6.73. The maximum absolute atomic E-state index is 13.1. The van der Waals surface area contributed by atoms with Crippen LogP contribution in [0, 0.1) is 24.7 Å². The van der Waals surface area contributed by atoms with Gasteiger partial charge in [-0.3, -0.25) is 4.79 Å². The molecule has 0 spiro atoms. The first-order chi connectivity index (χ1) is 15.6. The molecular weight excluding hydrogens is 416 g/mol. The Bertz CT molecular complexity index is 1190. The minimum Gasteiger partial charge on any atom is -0.378 e. The van der Waals surface area contributed by atoms with Gasteiger partial charge in [-0.1, -0.05) is 48.0 Å². The van der Waals surface area contributed by atoms with Gasteiger partial charge in [0, 0.05) is 22.0 Å². The van der Waals surface area contributed by atoms with Crippen molar-refractivity contribution in [3.05, 3.63) is 94.0 Å². The maximum Gasteiger partial charge on any atom is 0.255 e. The summed E-state index contributed by atoms with van der Waals surface area (Å²) < 4.78 is 0. The lowest BCUT2D eigenvalue weighted by Gasteiger charge is -2.43. The third-order valence-corrected chi connectivity index (χ3v) is 8.43. The molecule has 2 fully saturated rings. The maximum atomic E-state index is 13.1. The van der Waals surface area contributed by atoms with Crippen molar-refractivity contribution < 1.29 is 4.79 Å². The average Bonchev–Trinajstić information content (AvgIpc) is 3.44. The third kappa shape index (κ3) is 3.14. The Morgan fingerprint density at radius 2 is 1.81 bits per heavy atom. The zero-order valence-electron chi connectivity index (χ0n) is 18.1. The lowest BCUT2D eigenvalue weighted by atomic mass is 9.68. The summed E-state index contributed by atoms with van der Waals surface area (Å²) in [6.45, 7) is 1.93. The van der Waals surface area contributed by atoms with Crippen LogP contribution in [0.25, 0.3) is 0 Å². The quantitative estimate of drug-likeness (QED) is 0.450. The summed E-state index contributed by atoms with van der Waals surface area (Å²) in [4.78, 5) is 13.1. The van der Waals surface area contributed by atoms with Gasteiger partial charge in [-0.25, -0.2) is 0 Å². The number of carbonyl (C=O) groups excluding carboxylic acids is 1. The molecule has 162 valence electrons. The molecule has 2 bridgehead atoms. The first kappa shape index (κ1) is 19.9. The largest absolute Gasteiger partial charge is 0.378 e. The van der Waals surface area contributed by atoms with Crippen LogP contribution in [0.2, 0.25) is 5.02 Å². The van der Waals surface area contributed by atoms with Crippen molar-refractivity contribution in [3.63, 3.8) is 0 Å². The van der Waals surface area contributed by atoms with Gasteiger partial charge in [-0.2, -0.15) is 0 Å². The molecule has 0 radical (unpaired) electrons. The number of carbonyl (C=O) groups is 1. The van der Waals surface area contributed by atoms with E-state index < -0.39 is 0 Å². The molecule has 3 aromatic rings. The van der Waals surface area contributed by atoms with Crippen molar-refractivity contribution in [1.29, 1.82) is 0 Å². The summed E-state index contributed by atoms with van der Waals surface area (Å²) in [7, 11) is 0. The third-order valence-electron chi connectivity index (χ3n) is 8.02. The highest BCUT2D eigenvalue weighted by atomic mass is 35.5. The van der Waals surface area contributed by atoms with Crippen molar-refractivity contribution in [2.45, 2.75) is 38.1 Å². The Balaban J connectivity index is 1.35. The number of hydrogen-bond donors (Lipinski definition) is 2. The zero-order chi connectivity index (χ0) is 21.8. The number of fused-ring (bicyclic) bond motifs is 7. The van der Waals surface area contributed by atoms with Crippen LogP contribution in [-0.4, -0.2) is 5.91 Å². The molecule has 0 unspecified atom stereocenters. The lowest BCUT2D eigenvalue weighted by Crippen LogP contribution is -2.35. The summed E-state index contributed by atoms with van der Waals surface area (Å²) in [6, 6.07) is 23.0. The van der Waals surface area contributed by atoms with Crippen LogP contribution in [-0.2, 0) is 0 Å². The summed E-state index contributed by atoms with van der Waals surface area (Å²) in [5, 5.41) is 7.57. The van der Waals surface area contributed by atoms with E-state index in [4.69, 9.17) is 11.6 Å². The Kier molecular flexibility index (Phi) is 4.76. The number of amides is 1. The molecule has 1 heterocycles. The van der Waals surface area contributed by atoms with Gasteiger partial charge >= 0.3 is 0 Å². The van der Waals surface area contributed by atoms with Gasteiger partial charge in [0.1, 0.15) is 0 Å². The van der Waals surface area contributed by atoms with E-state index in [2.05, 4.69) is 53.1 Å². The molecule has 6 rings (SSSR count). The summed E-state index contributed by atoms with van der Waals surface area (Å²) >= 11 is 6.24. The highest BCUT2D eigenvalue weighted by Gasteiger charge is 2.53. The average molecular weight is 443 g/mol.